The van der Waals surface area contributed by atoms with Gasteiger partial charge in [-0.15, -0.1) is 0 Å². The molecular formula is C19H25NO4. The van der Waals surface area contributed by atoms with Crippen molar-refractivity contribution in [3.8, 4) is 23.0 Å². The number of ether oxygens (including phenoxy) is 3. The van der Waals surface area contributed by atoms with E-state index in [0.29, 0.717) is 30.3 Å². The van der Waals surface area contributed by atoms with Crippen LogP contribution in [0.2, 0.25) is 0 Å². The van der Waals surface area contributed by atoms with Crippen molar-refractivity contribution in [2.24, 2.45) is 0 Å². The molecule has 0 amide bonds. The van der Waals surface area contributed by atoms with Crippen molar-refractivity contribution < 1.29 is 19.3 Å². The van der Waals surface area contributed by atoms with Crippen LogP contribution in [0.1, 0.15) is 19.4 Å². The minimum absolute atomic E-state index is 0.537. The molecule has 2 rings (SSSR count). The molecule has 0 aliphatic rings. The fourth-order valence-corrected chi connectivity index (χ4v) is 2.16. The number of nitrogens with one attached hydrogen (secondary N) is 1. The lowest BCUT2D eigenvalue weighted by molar-refractivity contribution is 0.0795. The highest BCUT2D eigenvalue weighted by molar-refractivity contribution is 5.44. The lowest BCUT2D eigenvalue weighted by Crippen LogP contribution is -2.34. The van der Waals surface area contributed by atoms with E-state index < -0.39 is 5.60 Å². The fourth-order valence-electron chi connectivity index (χ4n) is 2.16. The van der Waals surface area contributed by atoms with Crippen LogP contribution >= 0.6 is 0 Å². The first-order valence-electron chi connectivity index (χ1n) is 7.82. The molecule has 0 unspecified atom stereocenters. The summed E-state index contributed by atoms with van der Waals surface area (Å²) in [7, 11) is 3.21. The SMILES string of the molecule is COc1cc(OC)cc(Oc2ccc(CNCC(C)(C)O)cc2)c1. The summed E-state index contributed by atoms with van der Waals surface area (Å²) in [6, 6.07) is 13.2. The molecule has 0 spiro atoms. The van der Waals surface area contributed by atoms with Crippen LogP contribution in [0.5, 0.6) is 23.0 Å². The van der Waals surface area contributed by atoms with E-state index >= 15 is 0 Å². The quantitative estimate of drug-likeness (QED) is 0.777. The Hall–Kier alpha value is -2.24. The lowest BCUT2D eigenvalue weighted by atomic mass is 10.1. The summed E-state index contributed by atoms with van der Waals surface area (Å²) < 4.78 is 16.3. The first kappa shape index (κ1) is 18.1. The summed E-state index contributed by atoms with van der Waals surface area (Å²) in [5.41, 5.74) is 0.406. The molecule has 0 saturated carbocycles. The first-order chi connectivity index (χ1) is 11.4. The number of rotatable bonds is 8. The molecule has 2 N–H and O–H groups in total. The zero-order chi connectivity index (χ0) is 17.6. The van der Waals surface area contributed by atoms with Gasteiger partial charge in [0.05, 0.1) is 19.8 Å². The fraction of sp³-hybridized carbons (Fsp3) is 0.368. The van der Waals surface area contributed by atoms with Gasteiger partial charge in [-0.25, -0.2) is 0 Å². The highest BCUT2D eigenvalue weighted by Gasteiger charge is 2.11. The summed E-state index contributed by atoms with van der Waals surface area (Å²) in [5, 5.41) is 12.9. The predicted molar refractivity (Wildman–Crippen MR) is 94.1 cm³/mol. The molecular weight excluding hydrogens is 306 g/mol. The van der Waals surface area contributed by atoms with Crippen molar-refractivity contribution in [3.05, 3.63) is 48.0 Å². The molecule has 0 aliphatic heterocycles. The van der Waals surface area contributed by atoms with Crippen LogP contribution < -0.4 is 19.5 Å². The number of methoxy groups -OCH3 is 2. The Labute approximate surface area is 143 Å². The van der Waals surface area contributed by atoms with Gasteiger partial charge in [0.25, 0.3) is 0 Å². The topological polar surface area (TPSA) is 60.0 Å². The first-order valence-corrected chi connectivity index (χ1v) is 7.82. The molecule has 0 fully saturated rings. The normalized spacial score (nSPS) is 11.2. The molecule has 24 heavy (non-hydrogen) atoms. The van der Waals surface area contributed by atoms with Crippen LogP contribution in [0, 0.1) is 0 Å². The Kier molecular flexibility index (Phi) is 6.06. The molecule has 2 aromatic carbocycles. The van der Waals surface area contributed by atoms with Gasteiger partial charge in [-0.05, 0) is 31.5 Å². The maximum absolute atomic E-state index is 9.69. The number of hydrogen-bond acceptors (Lipinski definition) is 5. The van der Waals surface area contributed by atoms with Gasteiger partial charge < -0.3 is 24.6 Å². The van der Waals surface area contributed by atoms with Gasteiger partial charge in [-0.2, -0.15) is 0 Å². The second-order valence-corrected chi connectivity index (χ2v) is 6.21. The van der Waals surface area contributed by atoms with E-state index in [1.54, 1.807) is 46.3 Å². The molecule has 0 radical (unpaired) electrons. The van der Waals surface area contributed by atoms with Crippen molar-refractivity contribution in [1.29, 1.82) is 0 Å². The molecule has 0 aliphatic carbocycles. The average Bonchev–Trinajstić information content (AvgIpc) is 2.55. The molecule has 0 bridgehead atoms. The van der Waals surface area contributed by atoms with Crippen molar-refractivity contribution >= 4 is 0 Å². The predicted octanol–water partition coefficient (Wildman–Crippen LogP) is 3.36. The molecule has 130 valence electrons. The molecule has 0 saturated heterocycles. The van der Waals surface area contributed by atoms with Crippen LogP contribution in [0.4, 0.5) is 0 Å². The maximum atomic E-state index is 9.69. The third-order valence-electron chi connectivity index (χ3n) is 3.37. The van der Waals surface area contributed by atoms with Crippen LogP contribution in [-0.2, 0) is 6.54 Å². The summed E-state index contributed by atoms with van der Waals surface area (Å²) in [4.78, 5) is 0. The van der Waals surface area contributed by atoms with Crippen LogP contribution in [-0.4, -0.2) is 31.5 Å². The zero-order valence-corrected chi connectivity index (χ0v) is 14.6. The number of aliphatic hydroxyl groups is 1. The summed E-state index contributed by atoms with van der Waals surface area (Å²) >= 11 is 0. The summed E-state index contributed by atoms with van der Waals surface area (Å²) in [6.45, 7) is 4.78. The smallest absolute Gasteiger partial charge is 0.134 e. The second-order valence-electron chi connectivity index (χ2n) is 6.21. The Bertz CT molecular complexity index is 625. The van der Waals surface area contributed by atoms with Crippen LogP contribution in [0.15, 0.2) is 42.5 Å². The van der Waals surface area contributed by atoms with Crippen molar-refractivity contribution in [2.45, 2.75) is 26.0 Å². The highest BCUT2D eigenvalue weighted by atomic mass is 16.5. The van der Waals surface area contributed by atoms with Crippen molar-refractivity contribution in [1.82, 2.24) is 5.32 Å². The summed E-state index contributed by atoms with van der Waals surface area (Å²) in [6.07, 6.45) is 0. The molecule has 5 nitrogen and oxygen atoms in total. The van der Waals surface area contributed by atoms with Crippen molar-refractivity contribution in [3.63, 3.8) is 0 Å². The third-order valence-corrected chi connectivity index (χ3v) is 3.37. The van der Waals surface area contributed by atoms with Gasteiger partial charge >= 0.3 is 0 Å². The Morgan fingerprint density at radius 2 is 1.42 bits per heavy atom. The van der Waals surface area contributed by atoms with Gasteiger partial charge in [-0.1, -0.05) is 12.1 Å². The van der Waals surface area contributed by atoms with Gasteiger partial charge in [-0.3, -0.25) is 0 Å². The van der Waals surface area contributed by atoms with Gasteiger partial charge in [0, 0.05) is 31.3 Å². The molecule has 0 aromatic heterocycles. The van der Waals surface area contributed by atoms with Gasteiger partial charge in [0.15, 0.2) is 0 Å². The van der Waals surface area contributed by atoms with E-state index in [4.69, 9.17) is 14.2 Å². The molecule has 0 heterocycles. The minimum atomic E-state index is -0.714. The average molecular weight is 331 g/mol. The largest absolute Gasteiger partial charge is 0.496 e. The van der Waals surface area contributed by atoms with Gasteiger partial charge in [0.2, 0.25) is 0 Å². The van der Waals surface area contributed by atoms with E-state index in [9.17, 15) is 5.11 Å². The molecule has 2 aromatic rings. The van der Waals surface area contributed by atoms with E-state index in [-0.39, 0.29) is 0 Å². The van der Waals surface area contributed by atoms with E-state index in [0.717, 1.165) is 11.3 Å². The Balaban J connectivity index is 1.99. The van der Waals surface area contributed by atoms with Crippen LogP contribution in [0.25, 0.3) is 0 Å². The Morgan fingerprint density at radius 1 is 0.875 bits per heavy atom. The van der Waals surface area contributed by atoms with Crippen LogP contribution in [0.3, 0.4) is 0 Å². The summed E-state index contributed by atoms with van der Waals surface area (Å²) in [5.74, 6) is 2.74. The zero-order valence-electron chi connectivity index (χ0n) is 14.6. The number of benzene rings is 2. The van der Waals surface area contributed by atoms with Gasteiger partial charge in [0.1, 0.15) is 23.0 Å². The van der Waals surface area contributed by atoms with E-state index in [2.05, 4.69) is 5.32 Å². The lowest BCUT2D eigenvalue weighted by Gasteiger charge is -2.17. The van der Waals surface area contributed by atoms with E-state index in [1.807, 2.05) is 24.3 Å². The van der Waals surface area contributed by atoms with E-state index in [1.165, 1.54) is 0 Å². The standard InChI is InChI=1S/C19H25NO4/c1-19(2,21)13-20-12-14-5-7-15(8-6-14)24-18-10-16(22-3)9-17(11-18)23-4/h5-11,20-21H,12-13H2,1-4H3. The minimum Gasteiger partial charge on any atom is -0.496 e. The number of hydrogen-bond donors (Lipinski definition) is 2. The second kappa shape index (κ2) is 8.04. The molecule has 5 heteroatoms. The monoisotopic (exact) mass is 331 g/mol. The maximum Gasteiger partial charge on any atom is 0.134 e. The highest BCUT2D eigenvalue weighted by Crippen LogP contribution is 2.30. The third kappa shape index (κ3) is 5.76. The Morgan fingerprint density at radius 3 is 1.92 bits per heavy atom. The molecule has 0 atom stereocenters. The van der Waals surface area contributed by atoms with Crippen molar-refractivity contribution in [2.75, 3.05) is 20.8 Å².